The summed E-state index contributed by atoms with van der Waals surface area (Å²) in [5, 5.41) is 0. The number of amidine groups is 1. The second kappa shape index (κ2) is 3.59. The molecule has 60 valence electrons. The van der Waals surface area contributed by atoms with Gasteiger partial charge in [-0.3, -0.25) is 4.99 Å². The molecule has 2 heteroatoms. The smallest absolute Gasteiger partial charge is 0.0993 e. The minimum absolute atomic E-state index is 0.120. The SMILES string of the molecule is CCC(C)(CC)C(N)=NC. The molecule has 0 radical (unpaired) electrons. The molecule has 0 bridgehead atoms. The Morgan fingerprint density at radius 1 is 1.40 bits per heavy atom. The van der Waals surface area contributed by atoms with Gasteiger partial charge in [0.05, 0.1) is 5.84 Å². The van der Waals surface area contributed by atoms with E-state index in [2.05, 4.69) is 25.8 Å². The Kier molecular flexibility index (Phi) is 3.40. The van der Waals surface area contributed by atoms with E-state index in [1.807, 2.05) is 0 Å². The van der Waals surface area contributed by atoms with Crippen LogP contribution in [0.2, 0.25) is 0 Å². The van der Waals surface area contributed by atoms with Gasteiger partial charge in [0.25, 0.3) is 0 Å². The first-order chi connectivity index (χ1) is 4.60. The van der Waals surface area contributed by atoms with Gasteiger partial charge in [0.2, 0.25) is 0 Å². The predicted octanol–water partition coefficient (Wildman–Crippen LogP) is 1.80. The Morgan fingerprint density at radius 3 is 1.90 bits per heavy atom. The highest BCUT2D eigenvalue weighted by Crippen LogP contribution is 2.24. The number of hydrogen-bond donors (Lipinski definition) is 1. The van der Waals surface area contributed by atoms with Crippen molar-refractivity contribution in [2.75, 3.05) is 7.05 Å². The first kappa shape index (κ1) is 9.47. The lowest BCUT2D eigenvalue weighted by molar-refractivity contribution is 0.428. The van der Waals surface area contributed by atoms with Crippen LogP contribution in [-0.2, 0) is 0 Å². The van der Waals surface area contributed by atoms with E-state index in [-0.39, 0.29) is 5.41 Å². The fraction of sp³-hybridized carbons (Fsp3) is 0.875. The maximum absolute atomic E-state index is 5.72. The van der Waals surface area contributed by atoms with E-state index in [1.54, 1.807) is 7.05 Å². The summed E-state index contributed by atoms with van der Waals surface area (Å²) in [7, 11) is 1.75. The van der Waals surface area contributed by atoms with Crippen molar-refractivity contribution in [2.45, 2.75) is 33.6 Å². The summed E-state index contributed by atoms with van der Waals surface area (Å²) < 4.78 is 0. The molecule has 2 N–H and O–H groups in total. The van der Waals surface area contributed by atoms with Gasteiger partial charge < -0.3 is 5.73 Å². The molecular formula is C8H18N2. The minimum Gasteiger partial charge on any atom is -0.387 e. The van der Waals surface area contributed by atoms with Gasteiger partial charge in [-0.1, -0.05) is 20.8 Å². The van der Waals surface area contributed by atoms with Crippen LogP contribution in [0.15, 0.2) is 4.99 Å². The second-order valence-electron chi connectivity index (χ2n) is 2.88. The van der Waals surface area contributed by atoms with Crippen LogP contribution >= 0.6 is 0 Å². The van der Waals surface area contributed by atoms with Crippen molar-refractivity contribution in [3.8, 4) is 0 Å². The third-order valence-corrected chi connectivity index (χ3v) is 2.42. The molecule has 0 aromatic rings. The highest BCUT2D eigenvalue weighted by Gasteiger charge is 2.23. The van der Waals surface area contributed by atoms with Crippen LogP contribution < -0.4 is 5.73 Å². The average molecular weight is 142 g/mol. The molecule has 0 aliphatic heterocycles. The van der Waals surface area contributed by atoms with Crippen LogP contribution in [-0.4, -0.2) is 12.9 Å². The fourth-order valence-corrected chi connectivity index (χ4v) is 0.882. The van der Waals surface area contributed by atoms with Crippen LogP contribution in [0.1, 0.15) is 33.6 Å². The van der Waals surface area contributed by atoms with Crippen LogP contribution in [0.25, 0.3) is 0 Å². The molecule has 0 amide bonds. The van der Waals surface area contributed by atoms with Gasteiger partial charge in [-0.25, -0.2) is 0 Å². The first-order valence-electron chi connectivity index (χ1n) is 3.83. The van der Waals surface area contributed by atoms with E-state index in [1.165, 1.54) is 0 Å². The van der Waals surface area contributed by atoms with Crippen LogP contribution in [0, 0.1) is 5.41 Å². The molecule has 2 nitrogen and oxygen atoms in total. The Morgan fingerprint density at radius 2 is 1.80 bits per heavy atom. The molecule has 0 aromatic carbocycles. The maximum atomic E-state index is 5.72. The number of rotatable bonds is 3. The fourth-order valence-electron chi connectivity index (χ4n) is 0.882. The lowest BCUT2D eigenvalue weighted by Crippen LogP contribution is -2.33. The number of aliphatic imine (C=N–C) groups is 1. The topological polar surface area (TPSA) is 38.4 Å². The summed E-state index contributed by atoms with van der Waals surface area (Å²) in [5.41, 5.74) is 5.84. The molecule has 0 unspecified atom stereocenters. The Balaban J connectivity index is 4.32. The molecule has 0 fully saturated rings. The van der Waals surface area contributed by atoms with Crippen LogP contribution in [0.5, 0.6) is 0 Å². The van der Waals surface area contributed by atoms with Crippen molar-refractivity contribution in [1.82, 2.24) is 0 Å². The van der Waals surface area contributed by atoms with Crippen molar-refractivity contribution in [3.63, 3.8) is 0 Å². The van der Waals surface area contributed by atoms with Crippen LogP contribution in [0.3, 0.4) is 0 Å². The highest BCUT2D eigenvalue weighted by molar-refractivity contribution is 5.85. The Bertz CT molecular complexity index is 123. The third kappa shape index (κ3) is 1.72. The number of nitrogens with two attached hydrogens (primary N) is 1. The molecule has 0 spiro atoms. The van der Waals surface area contributed by atoms with E-state index in [4.69, 9.17) is 5.73 Å². The highest BCUT2D eigenvalue weighted by atomic mass is 14.8. The number of hydrogen-bond acceptors (Lipinski definition) is 1. The van der Waals surface area contributed by atoms with Crippen molar-refractivity contribution in [2.24, 2.45) is 16.1 Å². The standard InChI is InChI=1S/C8H18N2/c1-5-8(3,6-2)7(9)10-4/h5-6H2,1-4H3,(H2,9,10). The summed E-state index contributed by atoms with van der Waals surface area (Å²) in [6.45, 7) is 6.43. The molecule has 0 heterocycles. The van der Waals surface area contributed by atoms with Gasteiger partial charge in [-0.2, -0.15) is 0 Å². The van der Waals surface area contributed by atoms with Crippen molar-refractivity contribution < 1.29 is 0 Å². The molecule has 0 aromatic heterocycles. The van der Waals surface area contributed by atoms with E-state index in [0.717, 1.165) is 18.7 Å². The van der Waals surface area contributed by atoms with Crippen LogP contribution in [0.4, 0.5) is 0 Å². The molecule has 0 atom stereocenters. The quantitative estimate of drug-likeness (QED) is 0.473. The Labute approximate surface area is 63.5 Å². The number of nitrogens with zero attached hydrogens (tertiary/aromatic N) is 1. The zero-order valence-electron chi connectivity index (χ0n) is 7.44. The van der Waals surface area contributed by atoms with E-state index in [9.17, 15) is 0 Å². The second-order valence-corrected chi connectivity index (χ2v) is 2.88. The van der Waals surface area contributed by atoms with Crippen molar-refractivity contribution in [3.05, 3.63) is 0 Å². The van der Waals surface area contributed by atoms with Gasteiger partial charge in [0.1, 0.15) is 0 Å². The summed E-state index contributed by atoms with van der Waals surface area (Å²) >= 11 is 0. The van der Waals surface area contributed by atoms with Gasteiger partial charge in [0.15, 0.2) is 0 Å². The maximum Gasteiger partial charge on any atom is 0.0993 e. The average Bonchev–Trinajstić information content (AvgIpc) is 2.01. The third-order valence-electron chi connectivity index (χ3n) is 2.42. The molecule has 0 saturated carbocycles. The Hall–Kier alpha value is -0.530. The van der Waals surface area contributed by atoms with E-state index < -0.39 is 0 Å². The largest absolute Gasteiger partial charge is 0.387 e. The molecule has 10 heavy (non-hydrogen) atoms. The van der Waals surface area contributed by atoms with E-state index >= 15 is 0 Å². The van der Waals surface area contributed by atoms with Gasteiger partial charge in [-0.15, -0.1) is 0 Å². The van der Waals surface area contributed by atoms with Gasteiger partial charge in [0, 0.05) is 12.5 Å². The van der Waals surface area contributed by atoms with Crippen molar-refractivity contribution >= 4 is 5.84 Å². The molecular weight excluding hydrogens is 124 g/mol. The summed E-state index contributed by atoms with van der Waals surface area (Å²) in [4.78, 5) is 4.00. The van der Waals surface area contributed by atoms with Gasteiger partial charge >= 0.3 is 0 Å². The summed E-state index contributed by atoms with van der Waals surface area (Å²) in [5.74, 6) is 0.775. The lowest BCUT2D eigenvalue weighted by Gasteiger charge is -2.25. The minimum atomic E-state index is 0.120. The monoisotopic (exact) mass is 142 g/mol. The van der Waals surface area contributed by atoms with Gasteiger partial charge in [-0.05, 0) is 12.8 Å². The zero-order chi connectivity index (χ0) is 8.20. The molecule has 0 saturated heterocycles. The molecule has 0 aliphatic rings. The van der Waals surface area contributed by atoms with Crippen molar-refractivity contribution in [1.29, 1.82) is 0 Å². The predicted molar refractivity (Wildman–Crippen MR) is 46.2 cm³/mol. The van der Waals surface area contributed by atoms with E-state index in [0.29, 0.717) is 0 Å². The first-order valence-corrected chi connectivity index (χ1v) is 3.83. The zero-order valence-corrected chi connectivity index (χ0v) is 7.44. The summed E-state index contributed by atoms with van der Waals surface area (Å²) in [6.07, 6.45) is 2.12. The lowest BCUT2D eigenvalue weighted by atomic mass is 9.83. The normalized spacial score (nSPS) is 13.8. The summed E-state index contributed by atoms with van der Waals surface area (Å²) in [6, 6.07) is 0. The molecule has 0 aliphatic carbocycles. The molecule has 0 rings (SSSR count).